The number of anilines is 1. The number of aromatic nitrogens is 2. The number of rotatable bonds is 3. The maximum Gasteiger partial charge on any atom is 0.226 e. The van der Waals surface area contributed by atoms with Crippen LogP contribution in [0.4, 0.5) is 5.95 Å². The van der Waals surface area contributed by atoms with Crippen LogP contribution in [0.25, 0.3) is 10.9 Å². The second-order valence-corrected chi connectivity index (χ2v) is 3.00. The molecule has 4 nitrogen and oxygen atoms in total. The number of hydrogen-bond donors (Lipinski definition) is 1. The number of benzene rings is 1. The Morgan fingerprint density at radius 3 is 2.93 bits per heavy atom. The molecule has 2 aromatic rings. The van der Waals surface area contributed by atoms with E-state index in [-0.39, 0.29) is 5.95 Å². The summed E-state index contributed by atoms with van der Waals surface area (Å²) < 4.78 is 5.40. The van der Waals surface area contributed by atoms with E-state index in [2.05, 4.69) is 16.5 Å². The molecule has 0 saturated heterocycles. The Morgan fingerprint density at radius 2 is 2.13 bits per heavy atom. The fraction of sp³-hybridized carbons (Fsp3) is 0.0909. The number of hydrogen-bond acceptors (Lipinski definition) is 4. The topological polar surface area (TPSA) is 61.0 Å². The van der Waals surface area contributed by atoms with Crippen LogP contribution in [-0.4, -0.2) is 16.6 Å². The summed E-state index contributed by atoms with van der Waals surface area (Å²) in [5.41, 5.74) is 6.35. The van der Waals surface area contributed by atoms with Crippen molar-refractivity contribution in [3.8, 4) is 5.88 Å². The van der Waals surface area contributed by atoms with Crippen molar-refractivity contribution in [3.05, 3.63) is 36.9 Å². The summed E-state index contributed by atoms with van der Waals surface area (Å²) in [5.74, 6) is 0.714. The van der Waals surface area contributed by atoms with Crippen LogP contribution >= 0.6 is 0 Å². The minimum atomic E-state index is 0.216. The van der Waals surface area contributed by atoms with Crippen molar-refractivity contribution < 1.29 is 4.74 Å². The minimum absolute atomic E-state index is 0.216. The van der Waals surface area contributed by atoms with Gasteiger partial charge in [-0.25, -0.2) is 4.98 Å². The Balaban J connectivity index is 2.55. The zero-order valence-corrected chi connectivity index (χ0v) is 8.18. The van der Waals surface area contributed by atoms with E-state index < -0.39 is 0 Å². The number of nitrogens with two attached hydrogens (primary N) is 1. The lowest BCUT2D eigenvalue weighted by molar-refractivity contribution is 0.353. The number of fused-ring (bicyclic) bond motifs is 1. The maximum absolute atomic E-state index is 5.57. The van der Waals surface area contributed by atoms with Crippen molar-refractivity contribution in [2.24, 2.45) is 0 Å². The smallest absolute Gasteiger partial charge is 0.226 e. The van der Waals surface area contributed by atoms with Crippen molar-refractivity contribution >= 4 is 16.9 Å². The summed E-state index contributed by atoms with van der Waals surface area (Å²) in [6, 6.07) is 7.57. The van der Waals surface area contributed by atoms with Crippen molar-refractivity contribution in [3.63, 3.8) is 0 Å². The van der Waals surface area contributed by atoms with Crippen molar-refractivity contribution in [2.45, 2.75) is 0 Å². The summed E-state index contributed by atoms with van der Waals surface area (Å²) in [6.45, 7) is 3.98. The van der Waals surface area contributed by atoms with Crippen LogP contribution in [-0.2, 0) is 0 Å². The van der Waals surface area contributed by atoms with Gasteiger partial charge in [0.15, 0.2) is 0 Å². The summed E-state index contributed by atoms with van der Waals surface area (Å²) in [5, 5.41) is 0.855. The third-order valence-electron chi connectivity index (χ3n) is 1.92. The predicted molar refractivity (Wildman–Crippen MR) is 59.6 cm³/mol. The van der Waals surface area contributed by atoms with Crippen LogP contribution in [0.2, 0.25) is 0 Å². The van der Waals surface area contributed by atoms with Gasteiger partial charge >= 0.3 is 0 Å². The number of ether oxygens (including phenoxy) is 1. The Kier molecular flexibility index (Phi) is 2.49. The number of para-hydroxylation sites is 1. The zero-order chi connectivity index (χ0) is 10.7. The molecule has 0 aliphatic carbocycles. The van der Waals surface area contributed by atoms with Gasteiger partial charge in [-0.1, -0.05) is 24.8 Å². The molecule has 1 heterocycles. The average molecular weight is 201 g/mol. The predicted octanol–water partition coefficient (Wildman–Crippen LogP) is 1.78. The van der Waals surface area contributed by atoms with Crippen molar-refractivity contribution in [2.75, 3.05) is 12.3 Å². The van der Waals surface area contributed by atoms with E-state index in [0.717, 1.165) is 10.9 Å². The minimum Gasteiger partial charge on any atom is -0.473 e. The van der Waals surface area contributed by atoms with Crippen molar-refractivity contribution in [1.29, 1.82) is 0 Å². The van der Waals surface area contributed by atoms with Crippen LogP contribution in [0.15, 0.2) is 36.9 Å². The normalized spacial score (nSPS) is 10.1. The molecule has 76 valence electrons. The largest absolute Gasteiger partial charge is 0.473 e. The average Bonchev–Trinajstić information content (AvgIpc) is 2.25. The lowest BCUT2D eigenvalue weighted by Gasteiger charge is -2.06. The Hall–Kier alpha value is -2.10. The molecule has 2 N–H and O–H groups in total. The molecule has 15 heavy (non-hydrogen) atoms. The first kappa shape index (κ1) is 9.45. The van der Waals surface area contributed by atoms with E-state index in [0.29, 0.717) is 12.5 Å². The molecule has 0 aliphatic heterocycles. The number of nitrogens with zero attached hydrogens (tertiary/aromatic N) is 2. The lowest BCUT2D eigenvalue weighted by Crippen LogP contribution is -2.01. The van der Waals surface area contributed by atoms with Crippen LogP contribution in [0.5, 0.6) is 5.88 Å². The molecule has 0 amide bonds. The number of nitrogen functional groups attached to an aromatic ring is 1. The molecule has 0 radical (unpaired) electrons. The highest BCUT2D eigenvalue weighted by atomic mass is 16.5. The first-order valence-electron chi connectivity index (χ1n) is 4.57. The third kappa shape index (κ3) is 1.88. The van der Waals surface area contributed by atoms with Gasteiger partial charge in [-0.2, -0.15) is 4.98 Å². The molecule has 1 aromatic carbocycles. The summed E-state index contributed by atoms with van der Waals surface area (Å²) in [6.07, 6.45) is 1.66. The fourth-order valence-corrected chi connectivity index (χ4v) is 1.31. The Morgan fingerprint density at radius 1 is 1.33 bits per heavy atom. The van der Waals surface area contributed by atoms with E-state index in [1.807, 2.05) is 24.3 Å². The van der Waals surface area contributed by atoms with Gasteiger partial charge in [0, 0.05) is 0 Å². The van der Waals surface area contributed by atoms with Gasteiger partial charge in [-0.15, -0.1) is 0 Å². The monoisotopic (exact) mass is 201 g/mol. The first-order valence-corrected chi connectivity index (χ1v) is 4.57. The summed E-state index contributed by atoms with van der Waals surface area (Å²) in [4.78, 5) is 8.14. The highest BCUT2D eigenvalue weighted by molar-refractivity contribution is 5.84. The standard InChI is InChI=1S/C11H11N3O/c1-2-7-15-10-8-5-3-4-6-9(8)13-11(12)14-10/h2-6H,1,7H2,(H2,12,13,14). The van der Waals surface area contributed by atoms with E-state index in [9.17, 15) is 0 Å². The molecule has 0 atom stereocenters. The molecule has 0 saturated carbocycles. The Labute approximate surface area is 87.4 Å². The second-order valence-electron chi connectivity index (χ2n) is 3.00. The van der Waals surface area contributed by atoms with Gasteiger partial charge in [0.25, 0.3) is 0 Å². The quantitative estimate of drug-likeness (QED) is 0.769. The van der Waals surface area contributed by atoms with E-state index in [4.69, 9.17) is 10.5 Å². The Bertz CT molecular complexity index is 496. The molecular formula is C11H11N3O. The summed E-state index contributed by atoms with van der Waals surface area (Å²) in [7, 11) is 0. The molecule has 0 fully saturated rings. The molecule has 2 rings (SSSR count). The summed E-state index contributed by atoms with van der Waals surface area (Å²) >= 11 is 0. The highest BCUT2D eigenvalue weighted by Crippen LogP contribution is 2.22. The molecular weight excluding hydrogens is 190 g/mol. The van der Waals surface area contributed by atoms with Crippen molar-refractivity contribution in [1.82, 2.24) is 9.97 Å². The van der Waals surface area contributed by atoms with E-state index >= 15 is 0 Å². The van der Waals surface area contributed by atoms with E-state index in [1.165, 1.54) is 0 Å². The van der Waals surface area contributed by atoms with Crippen LogP contribution in [0.1, 0.15) is 0 Å². The van der Waals surface area contributed by atoms with Gasteiger partial charge < -0.3 is 10.5 Å². The van der Waals surface area contributed by atoms with Crippen LogP contribution < -0.4 is 10.5 Å². The molecule has 0 aliphatic rings. The highest BCUT2D eigenvalue weighted by Gasteiger charge is 2.05. The molecule has 0 bridgehead atoms. The van der Waals surface area contributed by atoms with Gasteiger partial charge in [0.1, 0.15) is 6.61 Å². The fourth-order valence-electron chi connectivity index (χ4n) is 1.31. The molecule has 4 heteroatoms. The first-order chi connectivity index (χ1) is 7.31. The molecule has 0 unspecified atom stereocenters. The third-order valence-corrected chi connectivity index (χ3v) is 1.92. The maximum atomic E-state index is 5.57. The molecule has 1 aromatic heterocycles. The van der Waals surface area contributed by atoms with Gasteiger partial charge in [-0.05, 0) is 12.1 Å². The van der Waals surface area contributed by atoms with Crippen LogP contribution in [0, 0.1) is 0 Å². The molecule has 0 spiro atoms. The van der Waals surface area contributed by atoms with E-state index in [1.54, 1.807) is 6.08 Å². The lowest BCUT2D eigenvalue weighted by atomic mass is 10.2. The van der Waals surface area contributed by atoms with Gasteiger partial charge in [0.05, 0.1) is 10.9 Å². The van der Waals surface area contributed by atoms with Gasteiger partial charge in [0.2, 0.25) is 11.8 Å². The van der Waals surface area contributed by atoms with Gasteiger partial charge in [-0.3, -0.25) is 0 Å². The zero-order valence-electron chi connectivity index (χ0n) is 8.18. The SMILES string of the molecule is C=CCOc1nc(N)nc2ccccc12. The second kappa shape index (κ2) is 3.96. The van der Waals surface area contributed by atoms with Crippen LogP contribution in [0.3, 0.4) is 0 Å².